The Bertz CT molecular complexity index is 474. The molecule has 21 heavy (non-hydrogen) atoms. The molecule has 0 aromatic heterocycles. The van der Waals surface area contributed by atoms with Crippen LogP contribution in [0.1, 0.15) is 18.9 Å². The maximum Gasteiger partial charge on any atom is 0.240 e. The van der Waals surface area contributed by atoms with Crippen molar-refractivity contribution in [1.29, 1.82) is 0 Å². The molecular weight excluding hydrogens is 270 g/mol. The minimum atomic E-state index is -0.703. The highest BCUT2D eigenvalue weighted by atomic mass is 16.3. The number of amides is 2. The van der Waals surface area contributed by atoms with Gasteiger partial charge in [-0.1, -0.05) is 19.1 Å². The molecule has 0 aliphatic carbocycles. The minimum absolute atomic E-state index is 0.0203. The predicted molar refractivity (Wildman–Crippen MR) is 80.7 cm³/mol. The number of carbonyl (C=O) groups is 2. The van der Waals surface area contributed by atoms with Gasteiger partial charge in [0, 0.05) is 13.6 Å². The lowest BCUT2D eigenvalue weighted by Crippen LogP contribution is -2.48. The third-order valence-electron chi connectivity index (χ3n) is 3.13. The third-order valence-corrected chi connectivity index (χ3v) is 3.13. The molecule has 1 atom stereocenters. The van der Waals surface area contributed by atoms with E-state index < -0.39 is 6.04 Å². The highest BCUT2D eigenvalue weighted by Gasteiger charge is 2.22. The SMILES string of the molecule is CCCN(CC(=O)NC)C(=O)C(N)Cc1ccc(O)cc1. The van der Waals surface area contributed by atoms with Gasteiger partial charge in [0.15, 0.2) is 0 Å². The van der Waals surface area contributed by atoms with Gasteiger partial charge in [-0.05, 0) is 30.5 Å². The Labute approximate surface area is 124 Å². The summed E-state index contributed by atoms with van der Waals surface area (Å²) in [5, 5.41) is 11.7. The fourth-order valence-corrected chi connectivity index (χ4v) is 2.00. The van der Waals surface area contributed by atoms with Crippen molar-refractivity contribution in [2.75, 3.05) is 20.1 Å². The number of hydrogen-bond donors (Lipinski definition) is 3. The molecule has 0 fully saturated rings. The number of aromatic hydroxyl groups is 1. The zero-order chi connectivity index (χ0) is 15.8. The first kappa shape index (κ1) is 17.0. The summed E-state index contributed by atoms with van der Waals surface area (Å²) in [6.07, 6.45) is 1.13. The highest BCUT2D eigenvalue weighted by Crippen LogP contribution is 2.11. The number of rotatable bonds is 7. The van der Waals surface area contributed by atoms with Gasteiger partial charge in [-0.15, -0.1) is 0 Å². The minimum Gasteiger partial charge on any atom is -0.508 e. The van der Waals surface area contributed by atoms with Gasteiger partial charge in [0.1, 0.15) is 5.75 Å². The first-order chi connectivity index (χ1) is 9.97. The molecule has 6 nitrogen and oxygen atoms in total. The lowest BCUT2D eigenvalue weighted by atomic mass is 10.1. The summed E-state index contributed by atoms with van der Waals surface area (Å²) in [6.45, 7) is 2.46. The molecule has 1 unspecified atom stereocenters. The van der Waals surface area contributed by atoms with Gasteiger partial charge in [0.05, 0.1) is 12.6 Å². The number of carbonyl (C=O) groups excluding carboxylic acids is 2. The molecule has 0 spiro atoms. The Morgan fingerprint density at radius 3 is 2.48 bits per heavy atom. The van der Waals surface area contributed by atoms with Crippen LogP contribution in [-0.4, -0.2) is 48.0 Å². The van der Waals surface area contributed by atoms with Crippen LogP contribution in [0.25, 0.3) is 0 Å². The highest BCUT2D eigenvalue weighted by molar-refractivity contribution is 5.87. The number of benzene rings is 1. The summed E-state index contributed by atoms with van der Waals surface area (Å²) >= 11 is 0. The maximum absolute atomic E-state index is 12.3. The van der Waals surface area contributed by atoms with Crippen LogP contribution in [0.5, 0.6) is 5.75 Å². The summed E-state index contributed by atoms with van der Waals surface area (Å²) in [4.78, 5) is 25.2. The molecular formula is C15H23N3O3. The van der Waals surface area contributed by atoms with E-state index in [1.54, 1.807) is 24.3 Å². The quantitative estimate of drug-likeness (QED) is 0.671. The summed E-state index contributed by atoms with van der Waals surface area (Å²) in [5.74, 6) is -0.284. The third kappa shape index (κ3) is 5.43. The summed E-state index contributed by atoms with van der Waals surface area (Å²) < 4.78 is 0. The molecule has 0 heterocycles. The number of nitrogens with zero attached hydrogens (tertiary/aromatic N) is 1. The van der Waals surface area contributed by atoms with Gasteiger partial charge in [-0.25, -0.2) is 0 Å². The molecule has 0 saturated heterocycles. The molecule has 1 aromatic carbocycles. The molecule has 0 bridgehead atoms. The van der Waals surface area contributed by atoms with E-state index in [4.69, 9.17) is 5.73 Å². The van der Waals surface area contributed by atoms with E-state index in [1.807, 2.05) is 6.92 Å². The van der Waals surface area contributed by atoms with Crippen molar-refractivity contribution in [3.8, 4) is 5.75 Å². The van der Waals surface area contributed by atoms with Crippen LogP contribution in [-0.2, 0) is 16.0 Å². The lowest BCUT2D eigenvalue weighted by Gasteiger charge is -2.24. The second-order valence-electron chi connectivity index (χ2n) is 4.91. The number of phenols is 1. The van der Waals surface area contributed by atoms with Crippen LogP contribution in [0.15, 0.2) is 24.3 Å². The van der Waals surface area contributed by atoms with Crippen LogP contribution in [0, 0.1) is 0 Å². The standard InChI is InChI=1S/C15H23N3O3/c1-3-8-18(10-14(20)17-2)15(21)13(16)9-11-4-6-12(19)7-5-11/h4-7,13,19H,3,8-10,16H2,1-2H3,(H,17,20). The van der Waals surface area contributed by atoms with Crippen molar-refractivity contribution >= 4 is 11.8 Å². The largest absolute Gasteiger partial charge is 0.508 e. The molecule has 1 aromatic rings. The molecule has 1 rings (SSSR count). The Hall–Kier alpha value is -2.08. The van der Waals surface area contributed by atoms with Crippen molar-refractivity contribution < 1.29 is 14.7 Å². The molecule has 4 N–H and O–H groups in total. The number of nitrogens with two attached hydrogens (primary N) is 1. The van der Waals surface area contributed by atoms with Crippen molar-refractivity contribution in [3.63, 3.8) is 0 Å². The van der Waals surface area contributed by atoms with Crippen LogP contribution in [0.3, 0.4) is 0 Å². The van der Waals surface area contributed by atoms with Gasteiger partial charge in [-0.2, -0.15) is 0 Å². The van der Waals surface area contributed by atoms with E-state index in [9.17, 15) is 14.7 Å². The summed E-state index contributed by atoms with van der Waals surface area (Å²) in [6, 6.07) is 5.86. The van der Waals surface area contributed by atoms with Gasteiger partial charge >= 0.3 is 0 Å². The molecule has 0 aliphatic heterocycles. The Morgan fingerprint density at radius 2 is 1.95 bits per heavy atom. The lowest BCUT2D eigenvalue weighted by molar-refractivity contribution is -0.137. The van der Waals surface area contributed by atoms with Crippen molar-refractivity contribution in [3.05, 3.63) is 29.8 Å². The van der Waals surface area contributed by atoms with Crippen molar-refractivity contribution in [1.82, 2.24) is 10.2 Å². The van der Waals surface area contributed by atoms with Crippen molar-refractivity contribution in [2.24, 2.45) is 5.73 Å². The molecule has 0 aliphatic rings. The fourth-order valence-electron chi connectivity index (χ4n) is 2.00. The summed E-state index contributed by atoms with van der Waals surface area (Å²) in [7, 11) is 1.54. The number of hydrogen-bond acceptors (Lipinski definition) is 4. The van der Waals surface area contributed by atoms with E-state index in [0.29, 0.717) is 13.0 Å². The fraction of sp³-hybridized carbons (Fsp3) is 0.467. The van der Waals surface area contributed by atoms with E-state index in [2.05, 4.69) is 5.32 Å². The van der Waals surface area contributed by atoms with Gasteiger partial charge < -0.3 is 21.1 Å². The first-order valence-electron chi connectivity index (χ1n) is 7.00. The normalized spacial score (nSPS) is 11.8. The second kappa shape index (κ2) is 8.26. The smallest absolute Gasteiger partial charge is 0.240 e. The number of phenolic OH excluding ortho intramolecular Hbond substituents is 1. The second-order valence-corrected chi connectivity index (χ2v) is 4.91. The Kier molecular flexibility index (Phi) is 6.68. The molecule has 116 valence electrons. The van der Waals surface area contributed by atoms with Crippen LogP contribution >= 0.6 is 0 Å². The maximum atomic E-state index is 12.3. The summed E-state index contributed by atoms with van der Waals surface area (Å²) in [5.41, 5.74) is 6.82. The van der Waals surface area contributed by atoms with E-state index in [1.165, 1.54) is 11.9 Å². The molecule has 6 heteroatoms. The Balaban J connectivity index is 2.68. The first-order valence-corrected chi connectivity index (χ1v) is 7.00. The van der Waals surface area contributed by atoms with E-state index in [-0.39, 0.29) is 24.1 Å². The van der Waals surface area contributed by atoms with E-state index in [0.717, 1.165) is 12.0 Å². The molecule has 0 radical (unpaired) electrons. The number of likely N-dealkylation sites (N-methyl/N-ethyl adjacent to an activating group) is 1. The zero-order valence-electron chi connectivity index (χ0n) is 12.5. The van der Waals surface area contributed by atoms with Crippen LogP contribution in [0.2, 0.25) is 0 Å². The monoisotopic (exact) mass is 293 g/mol. The topological polar surface area (TPSA) is 95.7 Å². The predicted octanol–water partition coefficient (Wildman–Crippen LogP) is 0.247. The van der Waals surface area contributed by atoms with Crippen LogP contribution in [0.4, 0.5) is 0 Å². The average molecular weight is 293 g/mol. The molecule has 2 amide bonds. The van der Waals surface area contributed by atoms with Crippen molar-refractivity contribution in [2.45, 2.75) is 25.8 Å². The van der Waals surface area contributed by atoms with Crippen LogP contribution < -0.4 is 11.1 Å². The number of nitrogens with one attached hydrogen (secondary N) is 1. The molecule has 0 saturated carbocycles. The van der Waals surface area contributed by atoms with E-state index >= 15 is 0 Å². The van der Waals surface area contributed by atoms with Gasteiger partial charge in [0.2, 0.25) is 11.8 Å². The zero-order valence-corrected chi connectivity index (χ0v) is 12.5. The van der Waals surface area contributed by atoms with Gasteiger partial charge in [-0.3, -0.25) is 9.59 Å². The average Bonchev–Trinajstić information content (AvgIpc) is 2.48. The Morgan fingerprint density at radius 1 is 1.33 bits per heavy atom. The van der Waals surface area contributed by atoms with Gasteiger partial charge in [0.25, 0.3) is 0 Å².